The SMILES string of the molecule is CO[C@@H]1O[C@H](CO)[C@H](O[C@@H]2O[C@H](CO)[C@@H](O)[C@H](O)[C@H]2O)[C@@H](O)[C@H]1O. The molecule has 10 atom stereocenters. The normalized spacial score (nSPS) is 50.0. The number of methoxy groups -OCH3 is 1. The van der Waals surface area contributed by atoms with Crippen molar-refractivity contribution in [2.24, 2.45) is 0 Å². The molecule has 0 amide bonds. The Bertz CT molecular complexity index is 392. The second-order valence-electron chi connectivity index (χ2n) is 5.74. The van der Waals surface area contributed by atoms with Gasteiger partial charge in [0.1, 0.15) is 48.8 Å². The van der Waals surface area contributed by atoms with E-state index in [9.17, 15) is 30.6 Å². The third-order valence-corrected chi connectivity index (χ3v) is 4.19. The molecule has 0 unspecified atom stereocenters. The van der Waals surface area contributed by atoms with Gasteiger partial charge in [0.05, 0.1) is 13.2 Å². The quantitative estimate of drug-likeness (QED) is 0.251. The minimum Gasteiger partial charge on any atom is -0.394 e. The molecule has 0 aliphatic carbocycles. The molecule has 0 aromatic carbocycles. The Balaban J connectivity index is 2.12. The summed E-state index contributed by atoms with van der Waals surface area (Å²) in [6.07, 6.45) is -14.3. The summed E-state index contributed by atoms with van der Waals surface area (Å²) in [4.78, 5) is 0. The summed E-state index contributed by atoms with van der Waals surface area (Å²) in [5.74, 6) is 0. The predicted molar refractivity (Wildman–Crippen MR) is 73.4 cm³/mol. The first-order chi connectivity index (χ1) is 11.3. The average Bonchev–Trinajstić information content (AvgIpc) is 2.59. The predicted octanol–water partition coefficient (Wildman–Crippen LogP) is -4.74. The zero-order valence-electron chi connectivity index (χ0n) is 13.0. The van der Waals surface area contributed by atoms with E-state index in [-0.39, 0.29) is 0 Å². The van der Waals surface area contributed by atoms with E-state index in [0.717, 1.165) is 0 Å². The number of rotatable bonds is 5. The van der Waals surface area contributed by atoms with E-state index in [1.165, 1.54) is 7.11 Å². The first-order valence-corrected chi connectivity index (χ1v) is 7.46. The Morgan fingerprint density at radius 1 is 0.708 bits per heavy atom. The van der Waals surface area contributed by atoms with Crippen LogP contribution >= 0.6 is 0 Å². The first-order valence-electron chi connectivity index (χ1n) is 7.46. The molecule has 0 aromatic heterocycles. The number of aliphatic hydroxyl groups excluding tert-OH is 7. The monoisotopic (exact) mass is 356 g/mol. The van der Waals surface area contributed by atoms with Crippen LogP contribution < -0.4 is 0 Å². The molecule has 24 heavy (non-hydrogen) atoms. The van der Waals surface area contributed by atoms with Gasteiger partial charge in [-0.25, -0.2) is 0 Å². The van der Waals surface area contributed by atoms with Crippen LogP contribution in [0.15, 0.2) is 0 Å². The zero-order valence-corrected chi connectivity index (χ0v) is 13.0. The van der Waals surface area contributed by atoms with Gasteiger partial charge in [0, 0.05) is 7.11 Å². The van der Waals surface area contributed by atoms with Gasteiger partial charge in [-0.3, -0.25) is 0 Å². The van der Waals surface area contributed by atoms with Gasteiger partial charge in [0.25, 0.3) is 0 Å². The summed E-state index contributed by atoms with van der Waals surface area (Å²) >= 11 is 0. The molecule has 2 aliphatic heterocycles. The summed E-state index contributed by atoms with van der Waals surface area (Å²) in [6, 6.07) is 0. The molecule has 11 nitrogen and oxygen atoms in total. The van der Waals surface area contributed by atoms with E-state index in [1.807, 2.05) is 0 Å². The third kappa shape index (κ3) is 3.71. The Hall–Kier alpha value is -0.440. The van der Waals surface area contributed by atoms with E-state index < -0.39 is 74.6 Å². The summed E-state index contributed by atoms with van der Waals surface area (Å²) in [5, 5.41) is 68.0. The molecule has 142 valence electrons. The second kappa shape index (κ2) is 8.29. The molecule has 2 aliphatic rings. The minimum absolute atomic E-state index is 0.592. The van der Waals surface area contributed by atoms with Crippen molar-refractivity contribution in [3.63, 3.8) is 0 Å². The molecule has 2 fully saturated rings. The minimum atomic E-state index is -1.69. The van der Waals surface area contributed by atoms with Crippen LogP contribution in [0.2, 0.25) is 0 Å². The van der Waals surface area contributed by atoms with E-state index in [1.54, 1.807) is 0 Å². The third-order valence-electron chi connectivity index (χ3n) is 4.19. The van der Waals surface area contributed by atoms with E-state index >= 15 is 0 Å². The highest BCUT2D eigenvalue weighted by molar-refractivity contribution is 4.93. The molecule has 2 heterocycles. The Labute approximate surface area is 137 Å². The fourth-order valence-electron chi connectivity index (χ4n) is 2.75. The van der Waals surface area contributed by atoms with Crippen LogP contribution in [0, 0.1) is 0 Å². The Kier molecular flexibility index (Phi) is 6.87. The molecular formula is C13H24O11. The van der Waals surface area contributed by atoms with Gasteiger partial charge in [-0.2, -0.15) is 0 Å². The maximum Gasteiger partial charge on any atom is 0.187 e. The van der Waals surface area contributed by atoms with E-state index in [2.05, 4.69) is 0 Å². The standard InChI is InChI=1S/C13H24O11/c1-21-12-10(20)8(18)11(5(3-15)23-12)24-13-9(19)7(17)6(16)4(2-14)22-13/h4-20H,2-3H2,1H3/t4-,5-,6-,7+,8+,9-,10-,11+,12-,13+/m1/s1. The van der Waals surface area contributed by atoms with Crippen molar-refractivity contribution in [2.75, 3.05) is 20.3 Å². The van der Waals surface area contributed by atoms with Crippen LogP contribution in [0.3, 0.4) is 0 Å². The lowest BCUT2D eigenvalue weighted by Gasteiger charge is -2.45. The van der Waals surface area contributed by atoms with Crippen molar-refractivity contribution in [2.45, 2.75) is 61.4 Å². The average molecular weight is 356 g/mol. The summed E-state index contributed by atoms with van der Waals surface area (Å²) in [7, 11) is 1.24. The summed E-state index contributed by atoms with van der Waals surface area (Å²) < 4.78 is 20.6. The molecule has 0 aromatic rings. The van der Waals surface area contributed by atoms with E-state index in [4.69, 9.17) is 24.1 Å². The van der Waals surface area contributed by atoms with Crippen LogP contribution in [-0.4, -0.2) is 117 Å². The molecule has 7 N–H and O–H groups in total. The highest BCUT2D eigenvalue weighted by atomic mass is 16.7. The van der Waals surface area contributed by atoms with Crippen molar-refractivity contribution in [3.8, 4) is 0 Å². The van der Waals surface area contributed by atoms with Crippen molar-refractivity contribution < 1.29 is 54.7 Å². The largest absolute Gasteiger partial charge is 0.394 e. The van der Waals surface area contributed by atoms with Crippen molar-refractivity contribution in [1.29, 1.82) is 0 Å². The van der Waals surface area contributed by atoms with Crippen molar-refractivity contribution in [3.05, 3.63) is 0 Å². The van der Waals surface area contributed by atoms with Gasteiger partial charge in [-0.1, -0.05) is 0 Å². The molecule has 0 saturated carbocycles. The molecule has 0 bridgehead atoms. The highest BCUT2D eigenvalue weighted by Gasteiger charge is 2.50. The van der Waals surface area contributed by atoms with Gasteiger partial charge in [0.2, 0.25) is 0 Å². The Morgan fingerprint density at radius 2 is 1.25 bits per heavy atom. The lowest BCUT2D eigenvalue weighted by molar-refractivity contribution is -0.357. The maximum absolute atomic E-state index is 10.2. The Morgan fingerprint density at radius 3 is 1.79 bits per heavy atom. The molecular weight excluding hydrogens is 332 g/mol. The van der Waals surface area contributed by atoms with Gasteiger partial charge in [-0.15, -0.1) is 0 Å². The summed E-state index contributed by atoms with van der Waals surface area (Å²) in [5.41, 5.74) is 0. The fraction of sp³-hybridized carbons (Fsp3) is 1.00. The van der Waals surface area contributed by atoms with Crippen molar-refractivity contribution in [1.82, 2.24) is 0 Å². The number of hydrogen-bond acceptors (Lipinski definition) is 11. The highest BCUT2D eigenvalue weighted by Crippen LogP contribution is 2.29. The van der Waals surface area contributed by atoms with Crippen LogP contribution in [0.1, 0.15) is 0 Å². The van der Waals surface area contributed by atoms with Gasteiger partial charge >= 0.3 is 0 Å². The van der Waals surface area contributed by atoms with Gasteiger partial charge in [0.15, 0.2) is 12.6 Å². The zero-order chi connectivity index (χ0) is 18.0. The summed E-state index contributed by atoms with van der Waals surface area (Å²) in [6.45, 7) is -1.24. The van der Waals surface area contributed by atoms with Gasteiger partial charge in [-0.05, 0) is 0 Å². The van der Waals surface area contributed by atoms with Crippen LogP contribution in [0.4, 0.5) is 0 Å². The fourth-order valence-corrected chi connectivity index (χ4v) is 2.75. The lowest BCUT2D eigenvalue weighted by atomic mass is 9.97. The smallest absolute Gasteiger partial charge is 0.187 e. The van der Waals surface area contributed by atoms with E-state index in [0.29, 0.717) is 0 Å². The maximum atomic E-state index is 10.2. The lowest BCUT2D eigenvalue weighted by Crippen LogP contribution is -2.64. The first kappa shape index (κ1) is 19.9. The number of ether oxygens (including phenoxy) is 4. The molecule has 2 saturated heterocycles. The molecule has 0 spiro atoms. The van der Waals surface area contributed by atoms with Crippen LogP contribution in [0.5, 0.6) is 0 Å². The number of aliphatic hydroxyl groups is 7. The molecule has 2 rings (SSSR count). The number of hydrogen-bond donors (Lipinski definition) is 7. The van der Waals surface area contributed by atoms with Crippen LogP contribution in [-0.2, 0) is 18.9 Å². The molecule has 11 heteroatoms. The van der Waals surface area contributed by atoms with Crippen LogP contribution in [0.25, 0.3) is 0 Å². The van der Waals surface area contributed by atoms with Gasteiger partial charge < -0.3 is 54.7 Å². The topological polar surface area (TPSA) is 179 Å². The molecule has 0 radical (unpaired) electrons. The van der Waals surface area contributed by atoms with Crippen molar-refractivity contribution >= 4 is 0 Å². The second-order valence-corrected chi connectivity index (χ2v) is 5.74.